The van der Waals surface area contributed by atoms with Crippen molar-refractivity contribution in [2.24, 2.45) is 0 Å². The van der Waals surface area contributed by atoms with E-state index in [4.69, 9.17) is 11.6 Å². The summed E-state index contributed by atoms with van der Waals surface area (Å²) in [5.41, 5.74) is 2.26. The van der Waals surface area contributed by atoms with Crippen molar-refractivity contribution in [3.05, 3.63) is 81.9 Å². The molecule has 4 rings (SSSR count). The lowest BCUT2D eigenvalue weighted by atomic mass is 10.3. The molecule has 3 aromatic heterocycles. The Labute approximate surface area is 152 Å². The SMILES string of the molecule is O=[N+]([O-])c1ccc(Nc2ccn(Cc3cn4ccccc4n3)n2)c(Cl)c1. The first-order valence-corrected chi connectivity index (χ1v) is 8.13. The van der Waals surface area contributed by atoms with E-state index in [1.807, 2.05) is 41.2 Å². The number of nitrogens with one attached hydrogen (secondary N) is 1. The summed E-state index contributed by atoms with van der Waals surface area (Å²) in [5, 5.41) is 18.5. The highest BCUT2D eigenvalue weighted by molar-refractivity contribution is 6.33. The Bertz CT molecular complexity index is 1070. The largest absolute Gasteiger partial charge is 0.338 e. The van der Waals surface area contributed by atoms with Gasteiger partial charge in [-0.05, 0) is 18.2 Å². The van der Waals surface area contributed by atoms with Crippen LogP contribution in [0.3, 0.4) is 0 Å². The second kappa shape index (κ2) is 6.49. The maximum Gasteiger partial charge on any atom is 0.271 e. The Hall–Kier alpha value is -3.39. The van der Waals surface area contributed by atoms with Gasteiger partial charge in [0.15, 0.2) is 5.82 Å². The molecule has 8 nitrogen and oxygen atoms in total. The van der Waals surface area contributed by atoms with Crippen LogP contribution in [0, 0.1) is 10.1 Å². The molecule has 0 fully saturated rings. The van der Waals surface area contributed by atoms with Gasteiger partial charge in [-0.15, -0.1) is 0 Å². The predicted octanol–water partition coefficient (Wildman–Crippen LogP) is 3.88. The molecule has 0 aliphatic carbocycles. The van der Waals surface area contributed by atoms with Crippen molar-refractivity contribution < 1.29 is 4.92 Å². The van der Waals surface area contributed by atoms with Crippen molar-refractivity contribution in [2.45, 2.75) is 6.54 Å². The van der Waals surface area contributed by atoms with E-state index >= 15 is 0 Å². The highest BCUT2D eigenvalue weighted by Gasteiger charge is 2.11. The fourth-order valence-corrected chi connectivity index (χ4v) is 2.82. The molecule has 130 valence electrons. The number of halogens is 1. The summed E-state index contributed by atoms with van der Waals surface area (Å²) in [4.78, 5) is 14.8. The lowest BCUT2D eigenvalue weighted by molar-refractivity contribution is -0.384. The van der Waals surface area contributed by atoms with Gasteiger partial charge >= 0.3 is 0 Å². The normalized spacial score (nSPS) is 11.0. The van der Waals surface area contributed by atoms with Gasteiger partial charge in [0.2, 0.25) is 0 Å². The summed E-state index contributed by atoms with van der Waals surface area (Å²) in [7, 11) is 0. The summed E-state index contributed by atoms with van der Waals surface area (Å²) in [6.45, 7) is 0.525. The number of aromatic nitrogens is 4. The summed E-state index contributed by atoms with van der Waals surface area (Å²) < 4.78 is 3.71. The number of benzene rings is 1. The fourth-order valence-electron chi connectivity index (χ4n) is 2.60. The topological polar surface area (TPSA) is 90.3 Å². The molecule has 0 radical (unpaired) electrons. The van der Waals surface area contributed by atoms with E-state index in [-0.39, 0.29) is 10.7 Å². The molecular formula is C17H13ClN6O2. The molecule has 1 aromatic carbocycles. The zero-order valence-corrected chi connectivity index (χ0v) is 14.2. The summed E-state index contributed by atoms with van der Waals surface area (Å²) in [6, 6.07) is 11.9. The van der Waals surface area contributed by atoms with Gasteiger partial charge in [0, 0.05) is 36.8 Å². The molecule has 26 heavy (non-hydrogen) atoms. The van der Waals surface area contributed by atoms with Crippen molar-refractivity contribution in [2.75, 3.05) is 5.32 Å². The molecule has 0 aliphatic heterocycles. The Balaban J connectivity index is 1.50. The first kappa shape index (κ1) is 16.1. The summed E-state index contributed by atoms with van der Waals surface area (Å²) >= 11 is 6.09. The van der Waals surface area contributed by atoms with Crippen molar-refractivity contribution >= 4 is 34.4 Å². The Morgan fingerprint density at radius 2 is 2.08 bits per heavy atom. The quantitative estimate of drug-likeness (QED) is 0.426. The van der Waals surface area contributed by atoms with Crippen molar-refractivity contribution in [3.63, 3.8) is 0 Å². The van der Waals surface area contributed by atoms with E-state index in [1.54, 1.807) is 16.8 Å². The second-order valence-electron chi connectivity index (χ2n) is 5.64. The van der Waals surface area contributed by atoms with Gasteiger partial charge in [0.1, 0.15) is 5.65 Å². The third kappa shape index (κ3) is 3.22. The van der Waals surface area contributed by atoms with E-state index in [0.717, 1.165) is 11.3 Å². The average molecular weight is 369 g/mol. The van der Waals surface area contributed by atoms with E-state index in [9.17, 15) is 10.1 Å². The minimum atomic E-state index is -0.487. The summed E-state index contributed by atoms with van der Waals surface area (Å²) in [6.07, 6.45) is 5.72. The molecule has 0 bridgehead atoms. The van der Waals surface area contributed by atoms with Crippen LogP contribution < -0.4 is 5.32 Å². The maximum absolute atomic E-state index is 10.8. The van der Waals surface area contributed by atoms with Gasteiger partial charge in [-0.1, -0.05) is 17.7 Å². The smallest absolute Gasteiger partial charge is 0.271 e. The maximum atomic E-state index is 10.8. The number of hydrogen-bond acceptors (Lipinski definition) is 5. The van der Waals surface area contributed by atoms with Gasteiger partial charge in [-0.3, -0.25) is 14.8 Å². The number of hydrogen-bond donors (Lipinski definition) is 1. The Morgan fingerprint density at radius 1 is 1.19 bits per heavy atom. The number of rotatable bonds is 5. The highest BCUT2D eigenvalue weighted by atomic mass is 35.5. The first-order valence-electron chi connectivity index (χ1n) is 7.75. The molecule has 0 spiro atoms. The van der Waals surface area contributed by atoms with Crippen molar-refractivity contribution in [1.29, 1.82) is 0 Å². The third-order valence-corrected chi connectivity index (χ3v) is 4.12. The number of imidazole rings is 1. The zero-order chi connectivity index (χ0) is 18.1. The summed E-state index contributed by atoms with van der Waals surface area (Å²) in [5.74, 6) is 0.588. The van der Waals surface area contributed by atoms with Crippen LogP contribution in [0.25, 0.3) is 5.65 Å². The van der Waals surface area contributed by atoms with Crippen LogP contribution >= 0.6 is 11.6 Å². The van der Waals surface area contributed by atoms with Gasteiger partial charge in [0.25, 0.3) is 5.69 Å². The minimum Gasteiger partial charge on any atom is -0.338 e. The number of pyridine rings is 1. The van der Waals surface area contributed by atoms with Gasteiger partial charge < -0.3 is 9.72 Å². The van der Waals surface area contributed by atoms with Crippen LogP contribution in [0.5, 0.6) is 0 Å². The minimum absolute atomic E-state index is 0.0575. The van der Waals surface area contributed by atoms with Crippen LogP contribution in [0.1, 0.15) is 5.69 Å². The Kier molecular flexibility index (Phi) is 4.02. The van der Waals surface area contributed by atoms with Crippen LogP contribution in [0.15, 0.2) is 61.1 Å². The monoisotopic (exact) mass is 368 g/mol. The number of non-ortho nitro benzene ring substituents is 1. The highest BCUT2D eigenvalue weighted by Crippen LogP contribution is 2.28. The number of nitro groups is 1. The van der Waals surface area contributed by atoms with E-state index < -0.39 is 4.92 Å². The molecule has 0 unspecified atom stereocenters. The van der Waals surface area contributed by atoms with Gasteiger partial charge in [-0.25, -0.2) is 4.98 Å². The zero-order valence-electron chi connectivity index (χ0n) is 13.4. The van der Waals surface area contributed by atoms with Gasteiger partial charge in [-0.2, -0.15) is 5.10 Å². The lowest BCUT2D eigenvalue weighted by Crippen LogP contribution is -2.01. The number of fused-ring (bicyclic) bond motifs is 1. The van der Waals surface area contributed by atoms with E-state index in [1.165, 1.54) is 12.1 Å². The van der Waals surface area contributed by atoms with Crippen LogP contribution in [0.4, 0.5) is 17.2 Å². The van der Waals surface area contributed by atoms with Crippen molar-refractivity contribution in [3.8, 4) is 0 Å². The molecular weight excluding hydrogens is 356 g/mol. The lowest BCUT2D eigenvalue weighted by Gasteiger charge is -2.05. The predicted molar refractivity (Wildman–Crippen MR) is 97.9 cm³/mol. The fraction of sp³-hybridized carbons (Fsp3) is 0.0588. The number of nitro benzene ring substituents is 1. The first-order chi connectivity index (χ1) is 12.6. The standard InChI is InChI=1S/C17H13ClN6O2/c18-14-9-13(24(25)26)4-5-15(14)20-16-6-8-23(21-16)11-12-10-22-7-2-1-3-17(22)19-12/h1-10H,11H2,(H,20,21). The van der Waals surface area contributed by atoms with Crippen LogP contribution in [0.2, 0.25) is 5.02 Å². The van der Waals surface area contributed by atoms with Gasteiger partial charge in [0.05, 0.1) is 27.9 Å². The molecule has 0 saturated carbocycles. The van der Waals surface area contributed by atoms with Crippen LogP contribution in [-0.4, -0.2) is 24.1 Å². The molecule has 0 aliphatic rings. The molecule has 4 aromatic rings. The van der Waals surface area contributed by atoms with Crippen LogP contribution in [-0.2, 0) is 6.54 Å². The molecule has 0 amide bonds. The van der Waals surface area contributed by atoms with E-state index in [2.05, 4.69) is 15.4 Å². The molecule has 0 atom stereocenters. The average Bonchev–Trinajstić information content (AvgIpc) is 3.22. The Morgan fingerprint density at radius 3 is 2.85 bits per heavy atom. The van der Waals surface area contributed by atoms with Crippen molar-refractivity contribution in [1.82, 2.24) is 19.2 Å². The second-order valence-corrected chi connectivity index (χ2v) is 6.05. The molecule has 1 N–H and O–H groups in total. The number of nitrogens with zero attached hydrogens (tertiary/aromatic N) is 5. The third-order valence-electron chi connectivity index (χ3n) is 3.80. The van der Waals surface area contributed by atoms with E-state index in [0.29, 0.717) is 18.1 Å². The molecule has 3 heterocycles. The number of anilines is 2. The molecule has 9 heteroatoms. The molecule has 0 saturated heterocycles.